The molecule has 0 saturated carbocycles. The highest BCUT2D eigenvalue weighted by atomic mass is 35.5. The minimum atomic E-state index is -0.358. The van der Waals surface area contributed by atoms with Gasteiger partial charge in [0.2, 0.25) is 11.8 Å². The molecule has 2 N–H and O–H groups in total. The Hall–Kier alpha value is -1.05. The third-order valence-corrected chi connectivity index (χ3v) is 4.08. The van der Waals surface area contributed by atoms with Crippen molar-refractivity contribution in [1.29, 1.82) is 0 Å². The van der Waals surface area contributed by atoms with Gasteiger partial charge >= 0.3 is 0 Å². The van der Waals surface area contributed by atoms with Gasteiger partial charge in [0.15, 0.2) is 0 Å². The fourth-order valence-electron chi connectivity index (χ4n) is 2.22. The topological polar surface area (TPSA) is 70.7 Å². The number of carbonyl (C=O) groups is 2. The van der Waals surface area contributed by atoms with E-state index < -0.39 is 0 Å². The fraction of sp³-hybridized carbons (Fsp3) is 0.467. The van der Waals surface area contributed by atoms with Gasteiger partial charge in [-0.25, -0.2) is 0 Å². The zero-order valence-corrected chi connectivity index (χ0v) is 15.5. The summed E-state index contributed by atoms with van der Waals surface area (Å²) in [5.41, 5.74) is 0.351. The number of anilines is 1. The second-order valence-electron chi connectivity index (χ2n) is 5.32. The van der Waals surface area contributed by atoms with E-state index in [9.17, 15) is 9.59 Å². The average molecular weight is 397 g/mol. The zero-order valence-electron chi connectivity index (χ0n) is 13.2. The van der Waals surface area contributed by atoms with Crippen LogP contribution in [0.4, 0.5) is 5.69 Å². The number of hydrogen-bond acceptors (Lipinski definition) is 4. The molecule has 2 rings (SSSR count). The Morgan fingerprint density at radius 2 is 2.04 bits per heavy atom. The molecule has 0 aliphatic carbocycles. The van der Waals surface area contributed by atoms with Crippen molar-refractivity contribution in [3.63, 3.8) is 0 Å². The van der Waals surface area contributed by atoms with Crippen LogP contribution >= 0.6 is 35.6 Å². The van der Waals surface area contributed by atoms with Crippen LogP contribution in [0.25, 0.3) is 0 Å². The number of rotatable bonds is 5. The Kier molecular flexibility index (Phi) is 8.80. The number of amides is 2. The number of likely N-dealkylation sites (N-methyl/N-ethyl adjacent to an activating group) is 1. The Bertz CT molecular complexity index is 560. The van der Waals surface area contributed by atoms with Crippen LogP contribution in [0.3, 0.4) is 0 Å². The summed E-state index contributed by atoms with van der Waals surface area (Å²) in [7, 11) is 1.58. The Balaban J connectivity index is 0.00000288. The number of halogens is 3. The van der Waals surface area contributed by atoms with Gasteiger partial charge in [-0.2, -0.15) is 0 Å². The molecule has 0 radical (unpaired) electrons. The molecule has 24 heavy (non-hydrogen) atoms. The molecule has 1 unspecified atom stereocenters. The molecule has 1 aromatic rings. The molecule has 1 aromatic carbocycles. The van der Waals surface area contributed by atoms with Crippen molar-refractivity contribution in [2.75, 3.05) is 38.7 Å². The Morgan fingerprint density at radius 3 is 2.62 bits per heavy atom. The molecule has 0 spiro atoms. The molecule has 1 aliphatic rings. The zero-order chi connectivity index (χ0) is 16.8. The molecule has 134 valence electrons. The summed E-state index contributed by atoms with van der Waals surface area (Å²) in [6, 6.07) is 4.94. The molecule has 0 bridgehead atoms. The summed E-state index contributed by atoms with van der Waals surface area (Å²) < 4.78 is 5.31. The number of hydrogen-bond donors (Lipinski definition) is 2. The van der Waals surface area contributed by atoms with E-state index in [0.717, 1.165) is 6.54 Å². The summed E-state index contributed by atoms with van der Waals surface area (Å²) in [5, 5.41) is 6.54. The number of ether oxygens (including phenoxy) is 1. The van der Waals surface area contributed by atoms with Gasteiger partial charge in [0.05, 0.1) is 35.5 Å². The second kappa shape index (κ2) is 10.1. The van der Waals surface area contributed by atoms with Crippen molar-refractivity contribution in [3.8, 4) is 0 Å². The second-order valence-corrected chi connectivity index (χ2v) is 6.14. The van der Waals surface area contributed by atoms with Crippen LogP contribution in [0, 0.1) is 0 Å². The first-order valence-electron chi connectivity index (χ1n) is 7.26. The summed E-state index contributed by atoms with van der Waals surface area (Å²) >= 11 is 12.0. The van der Waals surface area contributed by atoms with E-state index in [-0.39, 0.29) is 43.2 Å². The molecule has 1 aliphatic heterocycles. The maximum atomic E-state index is 12.1. The molecule has 2 amide bonds. The lowest BCUT2D eigenvalue weighted by atomic mass is 10.2. The third kappa shape index (κ3) is 6.11. The monoisotopic (exact) mass is 395 g/mol. The van der Waals surface area contributed by atoms with Gasteiger partial charge in [-0.15, -0.1) is 12.4 Å². The van der Waals surface area contributed by atoms with Crippen molar-refractivity contribution in [2.24, 2.45) is 0 Å². The van der Waals surface area contributed by atoms with E-state index in [1.54, 1.807) is 25.2 Å². The number of morpholine rings is 1. The van der Waals surface area contributed by atoms with E-state index in [0.29, 0.717) is 28.9 Å². The van der Waals surface area contributed by atoms with Crippen molar-refractivity contribution < 1.29 is 14.3 Å². The maximum absolute atomic E-state index is 12.1. The van der Waals surface area contributed by atoms with Gasteiger partial charge in [-0.3, -0.25) is 9.59 Å². The van der Waals surface area contributed by atoms with Crippen LogP contribution in [0.2, 0.25) is 10.0 Å². The van der Waals surface area contributed by atoms with Gasteiger partial charge in [-0.05, 0) is 12.1 Å². The number of para-hydroxylation sites is 1. The molecule has 1 fully saturated rings. The summed E-state index contributed by atoms with van der Waals surface area (Å²) in [5.74, 6) is -0.489. The van der Waals surface area contributed by atoms with Gasteiger partial charge in [-0.1, -0.05) is 29.3 Å². The minimum Gasteiger partial charge on any atom is -0.378 e. The van der Waals surface area contributed by atoms with E-state index in [1.165, 1.54) is 4.90 Å². The van der Waals surface area contributed by atoms with Crippen molar-refractivity contribution >= 4 is 53.1 Å². The van der Waals surface area contributed by atoms with E-state index >= 15 is 0 Å². The summed E-state index contributed by atoms with van der Waals surface area (Å²) in [4.78, 5) is 25.6. The van der Waals surface area contributed by atoms with Gasteiger partial charge in [0.1, 0.15) is 0 Å². The highest BCUT2D eigenvalue weighted by Gasteiger charge is 2.21. The molecule has 9 heteroatoms. The number of nitrogens with zero attached hydrogens (tertiary/aromatic N) is 1. The minimum absolute atomic E-state index is 0. The van der Waals surface area contributed by atoms with Crippen LogP contribution in [-0.2, 0) is 14.3 Å². The molecule has 6 nitrogen and oxygen atoms in total. The predicted molar refractivity (Wildman–Crippen MR) is 97.2 cm³/mol. The third-order valence-electron chi connectivity index (χ3n) is 3.45. The maximum Gasteiger partial charge on any atom is 0.244 e. The SMILES string of the molecule is CN(CC(=O)Nc1c(Cl)cccc1Cl)C(=O)CC1COCCN1.Cl. The van der Waals surface area contributed by atoms with Crippen molar-refractivity contribution in [2.45, 2.75) is 12.5 Å². The highest BCUT2D eigenvalue weighted by Crippen LogP contribution is 2.29. The molecule has 1 heterocycles. The number of benzene rings is 1. The number of nitrogens with one attached hydrogen (secondary N) is 2. The smallest absolute Gasteiger partial charge is 0.244 e. The Morgan fingerprint density at radius 1 is 1.38 bits per heavy atom. The average Bonchev–Trinajstić information content (AvgIpc) is 2.52. The van der Waals surface area contributed by atoms with Crippen molar-refractivity contribution in [3.05, 3.63) is 28.2 Å². The summed E-state index contributed by atoms with van der Waals surface area (Å²) in [6.07, 6.45) is 0.288. The first-order chi connectivity index (χ1) is 11.0. The Labute approximate surface area is 157 Å². The first kappa shape index (κ1) is 21.0. The molecular weight excluding hydrogens is 377 g/mol. The van der Waals surface area contributed by atoms with Gasteiger partial charge < -0.3 is 20.3 Å². The van der Waals surface area contributed by atoms with Crippen LogP contribution in [-0.4, -0.2) is 56.1 Å². The lowest BCUT2D eigenvalue weighted by Crippen LogP contribution is -2.45. The van der Waals surface area contributed by atoms with E-state index in [1.807, 2.05) is 0 Å². The van der Waals surface area contributed by atoms with Crippen molar-refractivity contribution in [1.82, 2.24) is 10.2 Å². The van der Waals surface area contributed by atoms with Gasteiger partial charge in [0, 0.05) is 26.1 Å². The molecule has 0 aromatic heterocycles. The highest BCUT2D eigenvalue weighted by molar-refractivity contribution is 6.39. The largest absolute Gasteiger partial charge is 0.378 e. The van der Waals surface area contributed by atoms with Crippen LogP contribution in [0.15, 0.2) is 18.2 Å². The molecule has 1 saturated heterocycles. The van der Waals surface area contributed by atoms with Crippen LogP contribution in [0.1, 0.15) is 6.42 Å². The molecule has 1 atom stereocenters. The van der Waals surface area contributed by atoms with E-state index in [4.69, 9.17) is 27.9 Å². The fourth-order valence-corrected chi connectivity index (χ4v) is 2.71. The predicted octanol–water partition coefficient (Wildman–Crippen LogP) is 2.19. The standard InChI is InChI=1S/C15H19Cl2N3O3.ClH/c1-20(14(22)7-10-9-23-6-5-18-10)8-13(21)19-15-11(16)3-2-4-12(15)17;/h2-4,10,18H,5-9H2,1H3,(H,19,21);1H. The van der Waals surface area contributed by atoms with Gasteiger partial charge in [0.25, 0.3) is 0 Å². The lowest BCUT2D eigenvalue weighted by molar-refractivity contribution is -0.134. The van der Waals surface area contributed by atoms with Crippen LogP contribution < -0.4 is 10.6 Å². The molecular formula is C15H20Cl3N3O3. The normalized spacial score (nSPS) is 16.9. The lowest BCUT2D eigenvalue weighted by Gasteiger charge is -2.25. The van der Waals surface area contributed by atoms with E-state index in [2.05, 4.69) is 10.6 Å². The van der Waals surface area contributed by atoms with Crippen LogP contribution in [0.5, 0.6) is 0 Å². The quantitative estimate of drug-likeness (QED) is 0.800. The first-order valence-corrected chi connectivity index (χ1v) is 8.02. The summed E-state index contributed by atoms with van der Waals surface area (Å²) in [6.45, 7) is 1.81. The number of carbonyl (C=O) groups excluding carboxylic acids is 2.